The topological polar surface area (TPSA) is 78.4 Å². The Labute approximate surface area is 124 Å². The molecule has 0 heterocycles. The third-order valence-corrected chi connectivity index (χ3v) is 2.55. The number of nitrogens with one attached hydrogen (secondary N) is 2. The van der Waals surface area contributed by atoms with Crippen LogP contribution in [0.3, 0.4) is 0 Å². The summed E-state index contributed by atoms with van der Waals surface area (Å²) in [5, 5.41) is 14.0. The molecule has 0 saturated heterocycles. The maximum atomic E-state index is 11.9. The van der Waals surface area contributed by atoms with Crippen LogP contribution >= 0.6 is 0 Å². The zero-order chi connectivity index (χ0) is 15.7. The zero-order valence-electron chi connectivity index (χ0n) is 12.3. The molecule has 0 aliphatic carbocycles. The Morgan fingerprint density at radius 3 is 2.48 bits per heavy atom. The van der Waals surface area contributed by atoms with E-state index in [4.69, 9.17) is 5.11 Å². The van der Waals surface area contributed by atoms with E-state index in [1.807, 2.05) is 13.8 Å². The summed E-state index contributed by atoms with van der Waals surface area (Å²) in [4.78, 5) is 23.3. The fraction of sp³-hybridized carbons (Fsp3) is 0.375. The molecule has 2 amide bonds. The van der Waals surface area contributed by atoms with E-state index in [1.165, 1.54) is 0 Å². The summed E-state index contributed by atoms with van der Waals surface area (Å²) >= 11 is 0. The van der Waals surface area contributed by atoms with Gasteiger partial charge < -0.3 is 15.7 Å². The molecule has 0 spiro atoms. The van der Waals surface area contributed by atoms with Crippen molar-refractivity contribution in [2.75, 3.05) is 13.2 Å². The minimum absolute atomic E-state index is 0.0834. The van der Waals surface area contributed by atoms with Crippen LogP contribution in [-0.4, -0.2) is 36.1 Å². The highest BCUT2D eigenvalue weighted by atomic mass is 16.2. The maximum absolute atomic E-state index is 11.9. The first-order chi connectivity index (χ1) is 10.0. The van der Waals surface area contributed by atoms with E-state index in [0.29, 0.717) is 12.1 Å². The first kappa shape index (κ1) is 16.7. The Hall–Kier alpha value is -2.32. The van der Waals surface area contributed by atoms with Gasteiger partial charge in [0.25, 0.3) is 5.91 Å². The van der Waals surface area contributed by atoms with Gasteiger partial charge in [0.15, 0.2) is 0 Å². The summed E-state index contributed by atoms with van der Waals surface area (Å²) in [5.41, 5.74) is 1.24. The van der Waals surface area contributed by atoms with Gasteiger partial charge in [-0.2, -0.15) is 0 Å². The fourth-order valence-electron chi connectivity index (χ4n) is 1.63. The molecule has 0 atom stereocenters. The first-order valence-electron chi connectivity index (χ1n) is 6.80. The van der Waals surface area contributed by atoms with Gasteiger partial charge in [-0.1, -0.05) is 11.8 Å². The zero-order valence-corrected chi connectivity index (χ0v) is 12.3. The molecule has 3 N–H and O–H groups in total. The highest BCUT2D eigenvalue weighted by Crippen LogP contribution is 2.03. The summed E-state index contributed by atoms with van der Waals surface area (Å²) in [6, 6.07) is 6.84. The standard InChI is InChI=1S/C16H20N2O3/c1-12(2)18-15(20)9-10-17-16(21)14-7-5-13(6-8-14)4-3-11-19/h5-8,12,19H,9-11H2,1-2H3,(H,17,21)(H,18,20). The lowest BCUT2D eigenvalue weighted by Gasteiger charge is -2.09. The van der Waals surface area contributed by atoms with Crippen LogP contribution in [0.2, 0.25) is 0 Å². The summed E-state index contributed by atoms with van der Waals surface area (Å²) < 4.78 is 0. The molecule has 21 heavy (non-hydrogen) atoms. The molecule has 5 nitrogen and oxygen atoms in total. The Bertz CT molecular complexity index is 539. The molecular weight excluding hydrogens is 268 g/mol. The van der Waals surface area contributed by atoms with Gasteiger partial charge in [-0.3, -0.25) is 9.59 Å². The van der Waals surface area contributed by atoms with Crippen LogP contribution in [0.25, 0.3) is 0 Å². The highest BCUT2D eigenvalue weighted by Gasteiger charge is 2.07. The molecule has 0 aliphatic heterocycles. The normalized spacial score (nSPS) is 9.71. The van der Waals surface area contributed by atoms with E-state index in [-0.39, 0.29) is 30.9 Å². The Balaban J connectivity index is 2.43. The van der Waals surface area contributed by atoms with Crippen molar-refractivity contribution in [1.29, 1.82) is 0 Å². The number of rotatable bonds is 5. The largest absolute Gasteiger partial charge is 0.384 e. The second-order valence-corrected chi connectivity index (χ2v) is 4.77. The fourth-order valence-corrected chi connectivity index (χ4v) is 1.63. The highest BCUT2D eigenvalue weighted by molar-refractivity contribution is 5.94. The Morgan fingerprint density at radius 1 is 1.24 bits per heavy atom. The number of aliphatic hydroxyl groups excluding tert-OH is 1. The van der Waals surface area contributed by atoms with Gasteiger partial charge in [0.05, 0.1) is 0 Å². The predicted molar refractivity (Wildman–Crippen MR) is 80.6 cm³/mol. The van der Waals surface area contributed by atoms with Gasteiger partial charge in [-0.15, -0.1) is 0 Å². The quantitative estimate of drug-likeness (QED) is 0.697. The van der Waals surface area contributed by atoms with Crippen LogP contribution in [0, 0.1) is 11.8 Å². The molecule has 0 saturated carbocycles. The lowest BCUT2D eigenvalue weighted by atomic mass is 10.1. The van der Waals surface area contributed by atoms with Crippen molar-refractivity contribution in [3.05, 3.63) is 35.4 Å². The van der Waals surface area contributed by atoms with Crippen molar-refractivity contribution < 1.29 is 14.7 Å². The van der Waals surface area contributed by atoms with Crippen molar-refractivity contribution in [3.8, 4) is 11.8 Å². The van der Waals surface area contributed by atoms with Crippen LogP contribution in [0.5, 0.6) is 0 Å². The number of amides is 2. The van der Waals surface area contributed by atoms with Crippen LogP contribution in [0.1, 0.15) is 36.2 Å². The van der Waals surface area contributed by atoms with E-state index >= 15 is 0 Å². The van der Waals surface area contributed by atoms with E-state index < -0.39 is 0 Å². The van der Waals surface area contributed by atoms with Gasteiger partial charge in [0.1, 0.15) is 6.61 Å². The second kappa shape index (κ2) is 8.77. The molecule has 0 unspecified atom stereocenters. The van der Waals surface area contributed by atoms with Crippen molar-refractivity contribution >= 4 is 11.8 Å². The number of carbonyl (C=O) groups excluding carboxylic acids is 2. The van der Waals surface area contributed by atoms with Gasteiger partial charge in [0, 0.05) is 30.1 Å². The lowest BCUT2D eigenvalue weighted by molar-refractivity contribution is -0.121. The minimum atomic E-state index is -0.228. The number of benzene rings is 1. The van der Waals surface area contributed by atoms with Gasteiger partial charge in [-0.05, 0) is 38.1 Å². The molecule has 0 aromatic heterocycles. The molecule has 0 fully saturated rings. The van der Waals surface area contributed by atoms with Crippen molar-refractivity contribution in [2.45, 2.75) is 26.3 Å². The number of aliphatic hydroxyl groups is 1. The predicted octanol–water partition coefficient (Wildman–Crippen LogP) is 0.675. The number of hydrogen-bond donors (Lipinski definition) is 3. The average molecular weight is 288 g/mol. The third-order valence-electron chi connectivity index (χ3n) is 2.55. The average Bonchev–Trinajstić information content (AvgIpc) is 2.44. The molecule has 1 aromatic carbocycles. The van der Waals surface area contributed by atoms with Crippen molar-refractivity contribution in [3.63, 3.8) is 0 Å². The molecule has 0 radical (unpaired) electrons. The van der Waals surface area contributed by atoms with E-state index in [2.05, 4.69) is 22.5 Å². The van der Waals surface area contributed by atoms with Gasteiger partial charge in [-0.25, -0.2) is 0 Å². The lowest BCUT2D eigenvalue weighted by Crippen LogP contribution is -2.34. The van der Waals surface area contributed by atoms with E-state index in [9.17, 15) is 9.59 Å². The number of carbonyl (C=O) groups is 2. The van der Waals surface area contributed by atoms with E-state index in [0.717, 1.165) is 5.56 Å². The maximum Gasteiger partial charge on any atom is 0.251 e. The molecule has 1 aromatic rings. The van der Waals surface area contributed by atoms with Crippen LogP contribution < -0.4 is 10.6 Å². The summed E-state index contributed by atoms with van der Waals surface area (Å²) in [6.07, 6.45) is 0.254. The second-order valence-electron chi connectivity index (χ2n) is 4.77. The smallest absolute Gasteiger partial charge is 0.251 e. The first-order valence-corrected chi connectivity index (χ1v) is 6.80. The van der Waals surface area contributed by atoms with Gasteiger partial charge in [0.2, 0.25) is 5.91 Å². The van der Waals surface area contributed by atoms with Gasteiger partial charge >= 0.3 is 0 Å². The monoisotopic (exact) mass is 288 g/mol. The minimum Gasteiger partial charge on any atom is -0.384 e. The molecular formula is C16H20N2O3. The summed E-state index contributed by atoms with van der Waals surface area (Å²) in [5.74, 6) is 4.98. The Morgan fingerprint density at radius 2 is 1.90 bits per heavy atom. The number of hydrogen-bond acceptors (Lipinski definition) is 3. The molecule has 0 bridgehead atoms. The molecule has 1 rings (SSSR count). The third kappa shape index (κ3) is 6.59. The molecule has 0 aliphatic rings. The molecule has 5 heteroatoms. The SMILES string of the molecule is CC(C)NC(=O)CCNC(=O)c1ccc(C#CCO)cc1. The van der Waals surface area contributed by atoms with Crippen LogP contribution in [-0.2, 0) is 4.79 Å². The summed E-state index contributed by atoms with van der Waals surface area (Å²) in [6.45, 7) is 3.87. The van der Waals surface area contributed by atoms with E-state index in [1.54, 1.807) is 24.3 Å². The van der Waals surface area contributed by atoms with Crippen LogP contribution in [0.15, 0.2) is 24.3 Å². The molecule has 112 valence electrons. The summed E-state index contributed by atoms with van der Waals surface area (Å²) in [7, 11) is 0. The Kier molecular flexibility index (Phi) is 6.99. The van der Waals surface area contributed by atoms with Crippen LogP contribution in [0.4, 0.5) is 0 Å². The van der Waals surface area contributed by atoms with Crippen molar-refractivity contribution in [1.82, 2.24) is 10.6 Å². The van der Waals surface area contributed by atoms with Crippen molar-refractivity contribution in [2.24, 2.45) is 0 Å².